The maximum absolute atomic E-state index is 13.1. The molecule has 8 heteroatoms. The maximum atomic E-state index is 13.1. The van der Waals surface area contributed by atoms with Crippen LogP contribution in [0.25, 0.3) is 0 Å². The Labute approximate surface area is 158 Å². The molecular formula is C19H26N4O4. The highest BCUT2D eigenvalue weighted by Gasteiger charge is 2.59. The predicted molar refractivity (Wildman–Crippen MR) is 93.6 cm³/mol. The third-order valence-corrected chi connectivity index (χ3v) is 6.68. The average molecular weight is 374 g/mol. The van der Waals surface area contributed by atoms with Crippen molar-refractivity contribution in [1.82, 2.24) is 19.9 Å². The largest absolute Gasteiger partial charge is 0.381 e. The fraction of sp³-hybridized carbons (Fsp3) is 0.789. The number of amides is 2. The number of hydrogen-bond acceptors (Lipinski definition) is 6. The smallest absolute Gasteiger partial charge is 0.236 e. The fourth-order valence-electron chi connectivity index (χ4n) is 4.99. The average Bonchev–Trinajstić information content (AvgIpc) is 3.18. The highest BCUT2D eigenvalue weighted by atomic mass is 16.5. The molecule has 27 heavy (non-hydrogen) atoms. The standard InChI is InChI=1S/C19H26N4O4/c1-12-20-18(27-21-12)19-10-22(16(24)13-2-3-13)8-15(19)9-23(11-19)17(25)14-4-6-26-7-5-14/h13-15H,2-11H2,1H3/t15-,19-/m1/s1. The molecule has 4 aliphatic rings. The topological polar surface area (TPSA) is 88.8 Å². The first-order chi connectivity index (χ1) is 13.1. The minimum atomic E-state index is -0.424. The van der Waals surface area contributed by atoms with E-state index in [0.717, 1.165) is 25.7 Å². The van der Waals surface area contributed by atoms with Gasteiger partial charge in [-0.25, -0.2) is 0 Å². The van der Waals surface area contributed by atoms with Gasteiger partial charge in [-0.2, -0.15) is 4.98 Å². The minimum Gasteiger partial charge on any atom is -0.381 e. The quantitative estimate of drug-likeness (QED) is 0.776. The van der Waals surface area contributed by atoms with Crippen LogP contribution in [0.2, 0.25) is 0 Å². The van der Waals surface area contributed by atoms with Gasteiger partial charge in [-0.1, -0.05) is 5.16 Å². The normalized spacial score (nSPS) is 31.4. The number of hydrogen-bond donors (Lipinski definition) is 0. The van der Waals surface area contributed by atoms with Crippen LogP contribution in [-0.4, -0.2) is 71.1 Å². The monoisotopic (exact) mass is 374 g/mol. The van der Waals surface area contributed by atoms with Gasteiger partial charge in [-0.05, 0) is 32.6 Å². The summed E-state index contributed by atoms with van der Waals surface area (Å²) >= 11 is 0. The van der Waals surface area contributed by atoms with Crippen LogP contribution in [0.5, 0.6) is 0 Å². The van der Waals surface area contributed by atoms with E-state index in [1.807, 2.05) is 9.80 Å². The SMILES string of the molecule is Cc1noc([C@]23CN(C(=O)C4CCOCC4)C[C@H]2CN(C(=O)C2CC2)C3)n1. The van der Waals surface area contributed by atoms with E-state index in [2.05, 4.69) is 10.1 Å². The number of aryl methyl sites for hydroxylation is 1. The Morgan fingerprint density at radius 2 is 1.59 bits per heavy atom. The van der Waals surface area contributed by atoms with E-state index in [1.165, 1.54) is 0 Å². The van der Waals surface area contributed by atoms with Gasteiger partial charge >= 0.3 is 0 Å². The Hall–Kier alpha value is -1.96. The van der Waals surface area contributed by atoms with Crippen molar-refractivity contribution in [2.45, 2.75) is 38.0 Å². The van der Waals surface area contributed by atoms with Crippen molar-refractivity contribution in [2.24, 2.45) is 17.8 Å². The van der Waals surface area contributed by atoms with Crippen LogP contribution >= 0.6 is 0 Å². The van der Waals surface area contributed by atoms with Gasteiger partial charge in [0.25, 0.3) is 0 Å². The number of carbonyl (C=O) groups excluding carboxylic acids is 2. The van der Waals surface area contributed by atoms with Crippen molar-refractivity contribution >= 4 is 11.8 Å². The molecule has 4 fully saturated rings. The predicted octanol–water partition coefficient (Wildman–Crippen LogP) is 0.753. The maximum Gasteiger partial charge on any atom is 0.236 e. The number of rotatable bonds is 3. The van der Waals surface area contributed by atoms with Crippen molar-refractivity contribution < 1.29 is 18.8 Å². The van der Waals surface area contributed by atoms with Crippen molar-refractivity contribution in [3.63, 3.8) is 0 Å². The summed E-state index contributed by atoms with van der Waals surface area (Å²) < 4.78 is 11.0. The van der Waals surface area contributed by atoms with E-state index >= 15 is 0 Å². The molecule has 2 amide bonds. The third-order valence-electron chi connectivity index (χ3n) is 6.68. The number of carbonyl (C=O) groups is 2. The van der Waals surface area contributed by atoms with Gasteiger partial charge in [0.1, 0.15) is 0 Å². The van der Waals surface area contributed by atoms with Crippen LogP contribution < -0.4 is 0 Å². The van der Waals surface area contributed by atoms with E-state index in [9.17, 15) is 9.59 Å². The Morgan fingerprint density at radius 3 is 2.11 bits per heavy atom. The van der Waals surface area contributed by atoms with E-state index < -0.39 is 5.41 Å². The zero-order valence-electron chi connectivity index (χ0n) is 15.7. The van der Waals surface area contributed by atoms with Gasteiger partial charge in [0.15, 0.2) is 5.82 Å². The summed E-state index contributed by atoms with van der Waals surface area (Å²) in [5, 5.41) is 3.98. The number of ether oxygens (including phenoxy) is 1. The first-order valence-corrected chi connectivity index (χ1v) is 10.0. The second kappa shape index (κ2) is 6.29. The molecule has 1 aromatic rings. The second-order valence-corrected chi connectivity index (χ2v) is 8.60. The number of fused-ring (bicyclic) bond motifs is 1. The molecule has 0 radical (unpaired) electrons. The molecule has 0 aromatic carbocycles. The molecule has 1 saturated carbocycles. The second-order valence-electron chi connectivity index (χ2n) is 8.60. The van der Waals surface area contributed by atoms with Crippen molar-refractivity contribution in [3.05, 3.63) is 11.7 Å². The molecule has 1 aliphatic carbocycles. The molecule has 1 aromatic heterocycles. The molecule has 0 bridgehead atoms. The molecule has 0 unspecified atom stereocenters. The summed E-state index contributed by atoms with van der Waals surface area (Å²) in [6.07, 6.45) is 3.58. The molecule has 0 spiro atoms. The Morgan fingerprint density at radius 1 is 1.00 bits per heavy atom. The van der Waals surface area contributed by atoms with Gasteiger partial charge < -0.3 is 19.1 Å². The van der Waals surface area contributed by atoms with E-state index in [4.69, 9.17) is 9.26 Å². The van der Waals surface area contributed by atoms with Gasteiger partial charge in [0.05, 0.1) is 5.41 Å². The van der Waals surface area contributed by atoms with Gasteiger partial charge in [0.2, 0.25) is 17.7 Å². The lowest BCUT2D eigenvalue weighted by Gasteiger charge is -2.29. The Kier molecular flexibility index (Phi) is 4.00. The summed E-state index contributed by atoms with van der Waals surface area (Å²) in [6.45, 7) is 5.59. The number of nitrogens with zero attached hydrogens (tertiary/aromatic N) is 4. The van der Waals surface area contributed by atoms with Gasteiger partial charge in [-0.3, -0.25) is 9.59 Å². The molecule has 3 aliphatic heterocycles. The molecule has 5 rings (SSSR count). The molecule has 3 saturated heterocycles. The first-order valence-electron chi connectivity index (χ1n) is 10.0. The molecule has 8 nitrogen and oxygen atoms in total. The van der Waals surface area contributed by atoms with Crippen LogP contribution in [-0.2, 0) is 19.7 Å². The lowest BCUT2D eigenvalue weighted by atomic mass is 9.81. The summed E-state index contributed by atoms with van der Waals surface area (Å²) in [6, 6.07) is 0. The minimum absolute atomic E-state index is 0.0447. The van der Waals surface area contributed by atoms with E-state index in [0.29, 0.717) is 51.1 Å². The van der Waals surface area contributed by atoms with Crippen LogP contribution in [0.3, 0.4) is 0 Å². The molecule has 146 valence electrons. The zero-order chi connectivity index (χ0) is 18.6. The van der Waals surface area contributed by atoms with Gasteiger partial charge in [-0.15, -0.1) is 0 Å². The Bertz CT molecular complexity index is 755. The molecular weight excluding hydrogens is 348 g/mol. The van der Waals surface area contributed by atoms with Crippen LogP contribution in [0.15, 0.2) is 4.52 Å². The highest BCUT2D eigenvalue weighted by Crippen LogP contribution is 2.46. The summed E-state index contributed by atoms with van der Waals surface area (Å²) in [7, 11) is 0. The van der Waals surface area contributed by atoms with E-state index in [-0.39, 0.29) is 29.6 Å². The summed E-state index contributed by atoms with van der Waals surface area (Å²) in [4.78, 5) is 34.2. The van der Waals surface area contributed by atoms with Crippen molar-refractivity contribution in [3.8, 4) is 0 Å². The zero-order valence-corrected chi connectivity index (χ0v) is 15.7. The summed E-state index contributed by atoms with van der Waals surface area (Å²) in [5.41, 5.74) is -0.424. The molecule has 0 N–H and O–H groups in total. The van der Waals surface area contributed by atoms with Crippen LogP contribution in [0, 0.1) is 24.7 Å². The van der Waals surface area contributed by atoms with Crippen LogP contribution in [0.1, 0.15) is 37.4 Å². The van der Waals surface area contributed by atoms with Crippen molar-refractivity contribution in [2.75, 3.05) is 39.4 Å². The summed E-state index contributed by atoms with van der Waals surface area (Å²) in [5.74, 6) is 2.04. The third kappa shape index (κ3) is 2.85. The first kappa shape index (κ1) is 17.2. The number of likely N-dealkylation sites (tertiary alicyclic amines) is 2. The number of aromatic nitrogens is 2. The highest BCUT2D eigenvalue weighted by molar-refractivity contribution is 5.82. The lowest BCUT2D eigenvalue weighted by Crippen LogP contribution is -2.43. The van der Waals surface area contributed by atoms with Crippen LogP contribution in [0.4, 0.5) is 0 Å². The lowest BCUT2D eigenvalue weighted by molar-refractivity contribution is -0.138. The molecule has 2 atom stereocenters. The van der Waals surface area contributed by atoms with Crippen molar-refractivity contribution in [1.29, 1.82) is 0 Å². The Balaban J connectivity index is 1.39. The van der Waals surface area contributed by atoms with E-state index in [1.54, 1.807) is 6.92 Å². The fourth-order valence-corrected chi connectivity index (χ4v) is 4.99. The molecule has 4 heterocycles. The van der Waals surface area contributed by atoms with Gasteiger partial charge in [0, 0.05) is 57.1 Å².